The van der Waals surface area contributed by atoms with Crippen molar-refractivity contribution >= 4 is 295 Å². The van der Waals surface area contributed by atoms with E-state index < -0.39 is 52.3 Å². The number of nitrogens with zero attached hydrogens (tertiary/aromatic N) is 15. The molecule has 0 unspecified atom stereocenters. The van der Waals surface area contributed by atoms with Gasteiger partial charge in [-0.25, -0.2) is 28.7 Å². The van der Waals surface area contributed by atoms with Gasteiger partial charge in [-0.1, -0.05) is 13.5 Å². The Morgan fingerprint density at radius 3 is 0.479 bits per heavy atom. The molecular formula is C48H48Cl12N15O6P9S6. The molecule has 6 aromatic carbocycles. The first-order valence-electron chi connectivity index (χ1n) is 25.9. The van der Waals surface area contributed by atoms with Gasteiger partial charge in [0.25, 0.3) is 0 Å². The summed E-state index contributed by atoms with van der Waals surface area (Å²) in [6, 6.07) is 39.8. The second kappa shape index (κ2) is 35.2. The van der Waals surface area contributed by atoms with Crippen LogP contribution in [0.2, 0.25) is 0 Å². The summed E-state index contributed by atoms with van der Waals surface area (Å²) in [7, 11) is -4.43. The number of benzene rings is 6. The van der Waals surface area contributed by atoms with E-state index in [-0.39, 0.29) is 34.5 Å². The van der Waals surface area contributed by atoms with E-state index in [0.717, 1.165) is 0 Å². The normalized spacial score (nSPS) is 18.1. The van der Waals surface area contributed by atoms with Crippen LogP contribution in [-0.4, -0.2) is 108 Å². The highest BCUT2D eigenvalue weighted by Crippen LogP contribution is 2.79. The van der Waals surface area contributed by atoms with E-state index in [9.17, 15) is 0 Å². The predicted molar refractivity (Wildman–Crippen MR) is 439 cm³/mol. The van der Waals surface area contributed by atoms with E-state index in [1.54, 1.807) is 188 Å². The van der Waals surface area contributed by atoms with Gasteiger partial charge in [0.15, 0.2) is 0 Å². The summed E-state index contributed by atoms with van der Waals surface area (Å²) in [4.78, 5) is -17.8. The molecule has 0 radical (unpaired) electrons. The van der Waals surface area contributed by atoms with Gasteiger partial charge in [-0.05, 0) is 385 Å². The molecule has 6 aromatic rings. The van der Waals surface area contributed by atoms with Crippen LogP contribution in [0.15, 0.2) is 190 Å². The Kier molecular flexibility index (Phi) is 30.2. The molecule has 0 amide bonds. The first-order chi connectivity index (χ1) is 44.6. The van der Waals surface area contributed by atoms with Gasteiger partial charge < -0.3 is 27.1 Å². The third-order valence-corrected chi connectivity index (χ3v) is 36.5. The van der Waals surface area contributed by atoms with Crippen LogP contribution in [0.25, 0.3) is 0 Å². The Labute approximate surface area is 643 Å². The lowest BCUT2D eigenvalue weighted by Crippen LogP contribution is -2.11. The molecule has 7 rings (SSSR count). The zero-order valence-electron chi connectivity index (χ0n) is 49.5. The Bertz CT molecular complexity index is 3720. The molecule has 516 valence electrons. The molecule has 21 nitrogen and oxygen atoms in total. The second-order valence-electron chi connectivity index (χ2n) is 18.7. The molecule has 0 N–H and O–H groups in total. The highest BCUT2D eigenvalue weighted by molar-refractivity contribution is 8.39. The highest BCUT2D eigenvalue weighted by Gasteiger charge is 2.49. The summed E-state index contributed by atoms with van der Waals surface area (Å²) in [6.45, 7) is 0. The van der Waals surface area contributed by atoms with Crippen molar-refractivity contribution in [3.63, 3.8) is 0 Å². The molecular weight excluding hydrogens is 1780 g/mol. The van der Waals surface area contributed by atoms with Gasteiger partial charge in [0.1, 0.15) is 34.5 Å². The van der Waals surface area contributed by atoms with Crippen molar-refractivity contribution in [1.82, 2.24) is 28.7 Å². The van der Waals surface area contributed by atoms with E-state index in [1.165, 1.54) is 66.0 Å². The Morgan fingerprint density at radius 2 is 0.375 bits per heavy atom. The number of hydrazone groups is 6. The Morgan fingerprint density at radius 1 is 0.260 bits per heavy atom. The van der Waals surface area contributed by atoms with Gasteiger partial charge in [-0.3, -0.25) is 0 Å². The largest absolute Gasteiger partial charge is 0.460 e. The second-order valence-corrected chi connectivity index (χ2v) is 71.0. The molecule has 0 atom stereocenters. The fourth-order valence-corrected chi connectivity index (χ4v) is 18.8. The van der Waals surface area contributed by atoms with Crippen molar-refractivity contribution in [2.45, 2.75) is 0 Å². The monoisotopic (exact) mass is 1820 g/mol. The summed E-state index contributed by atoms with van der Waals surface area (Å²) in [5.41, 5.74) is 3.46. The summed E-state index contributed by atoms with van der Waals surface area (Å²) in [6.07, 6.45) is 9.06. The topological polar surface area (TPSA) is 186 Å². The van der Waals surface area contributed by atoms with Crippen molar-refractivity contribution < 1.29 is 27.1 Å². The minimum absolute atomic E-state index is 0.145. The van der Waals surface area contributed by atoms with Crippen LogP contribution in [0.4, 0.5) is 0 Å². The molecule has 0 aliphatic carbocycles. The van der Waals surface area contributed by atoms with E-state index in [2.05, 4.69) is 30.6 Å². The first-order valence-corrected chi connectivity index (χ1v) is 57.9. The molecule has 1 heterocycles. The summed E-state index contributed by atoms with van der Waals surface area (Å²) < 4.78 is 66.8. The zero-order valence-corrected chi connectivity index (χ0v) is 71.5. The average molecular weight is 1830 g/mol. The molecule has 0 aromatic heterocycles. The Hall–Kier alpha value is -0.990. The van der Waals surface area contributed by atoms with Gasteiger partial charge in [-0.2, -0.15) is 30.6 Å². The maximum absolute atomic E-state index is 7.15. The smallest absolute Gasteiger partial charge is 0.413 e. The minimum Gasteiger partial charge on any atom is -0.413 e. The fourth-order valence-electron chi connectivity index (χ4n) is 6.53. The number of halogens is 12. The number of hydrogen-bond acceptors (Lipinski definition) is 21. The van der Waals surface area contributed by atoms with Crippen molar-refractivity contribution in [2.24, 2.45) is 44.2 Å². The average Bonchev–Trinajstić information content (AvgIpc) is 0.730. The van der Waals surface area contributed by atoms with Crippen molar-refractivity contribution in [3.05, 3.63) is 179 Å². The molecule has 48 heteroatoms. The number of rotatable bonds is 30. The van der Waals surface area contributed by atoms with Gasteiger partial charge in [0, 0.05) is 42.3 Å². The van der Waals surface area contributed by atoms with Gasteiger partial charge in [-0.15, -0.1) is 0 Å². The van der Waals surface area contributed by atoms with Crippen LogP contribution in [0.3, 0.4) is 0 Å². The van der Waals surface area contributed by atoms with Crippen molar-refractivity contribution in [2.75, 3.05) is 42.3 Å². The van der Waals surface area contributed by atoms with Gasteiger partial charge in [0.2, 0.25) is 29.4 Å². The van der Waals surface area contributed by atoms with Crippen LogP contribution in [-0.2, 0) is 70.8 Å². The molecule has 96 heavy (non-hydrogen) atoms. The molecule has 0 spiro atoms. The lowest BCUT2D eigenvalue weighted by Gasteiger charge is -2.33. The van der Waals surface area contributed by atoms with Gasteiger partial charge >= 0.3 is 23.0 Å². The third-order valence-electron chi connectivity index (χ3n) is 11.6. The summed E-state index contributed by atoms with van der Waals surface area (Å²) in [5, 5.41) is 26.1. The molecule has 0 fully saturated rings. The van der Waals surface area contributed by atoms with E-state index >= 15 is 0 Å². The first kappa shape index (κ1) is 82.3. The van der Waals surface area contributed by atoms with E-state index in [1.807, 2.05) is 0 Å². The fraction of sp³-hybridized carbons (Fsp3) is 0.125. The molecule has 1 aliphatic rings. The third kappa shape index (κ3) is 26.3. The lowest BCUT2D eigenvalue weighted by atomic mass is 10.2. The van der Waals surface area contributed by atoms with Gasteiger partial charge in [0.05, 0.1) is 37.3 Å². The molecule has 0 saturated heterocycles. The van der Waals surface area contributed by atoms with Crippen LogP contribution in [0.5, 0.6) is 34.5 Å². The van der Waals surface area contributed by atoms with E-state index in [4.69, 9.17) is 246 Å². The number of hydrogen-bond donors (Lipinski definition) is 0. The van der Waals surface area contributed by atoms with Crippen LogP contribution in [0, 0.1) is 0 Å². The van der Waals surface area contributed by atoms with E-state index in [0.29, 0.717) is 33.4 Å². The van der Waals surface area contributed by atoms with Crippen LogP contribution < -0.4 is 27.1 Å². The molecule has 0 bridgehead atoms. The maximum atomic E-state index is 7.15. The quantitative estimate of drug-likeness (QED) is 0.0235. The van der Waals surface area contributed by atoms with Crippen molar-refractivity contribution in [1.29, 1.82) is 0 Å². The summed E-state index contributed by atoms with van der Waals surface area (Å²) >= 11 is 107. The molecule has 1 aliphatic heterocycles. The maximum Gasteiger partial charge on any atom is 0.460 e. The lowest BCUT2D eigenvalue weighted by molar-refractivity contribution is 0.443. The minimum atomic E-state index is -4.60. The van der Waals surface area contributed by atoms with Crippen LogP contribution in [0.1, 0.15) is 33.4 Å². The van der Waals surface area contributed by atoms with Crippen LogP contribution >= 0.6 is 187 Å². The Balaban J connectivity index is 1.57. The predicted octanol–water partition coefficient (Wildman–Crippen LogP) is 24.1. The summed E-state index contributed by atoms with van der Waals surface area (Å²) in [5.74, 6) is 0.867. The SMILES string of the molecule is CN(N=Cc1ccc(OP2(Oc3ccc(C=NN(C)P(=S)(Cl)Cl)cc3)=NP(Oc3ccc(C=NN(C)P(=S)(Cl)Cl)cc3)(Oc3ccc(C=NN(C)P(=S)(Cl)Cl)cc3)=NP(Oc3ccc(C=NN(C)P(=S)(Cl)Cl)cc3)(Oc3ccc(C=NN(C)P(=S)(Cl)Cl)cc3)=N2)cc1)P(=S)(Cl)Cl. The molecule has 0 saturated carbocycles. The van der Waals surface area contributed by atoms with Crippen molar-refractivity contribution in [3.8, 4) is 34.5 Å². The standard InChI is InChI=1S/C48H48Cl12N15O6P9S6/c1-70(82(49,50)91)61-31-37-7-19-43(20-8-37)76-88(77-44-21-9-38(10-22-44)32-62-71(2)83(51,52)92)67-89(78-45-23-11-39(12-24-45)33-63-72(3)84(53,54)93,79-46-25-13-40(14-26-46)34-64-73(4)85(55,56)94)69-90(68-88,80-47-27-15-41(16-28-47)35-65-74(5)86(57,58)95)81-48-29-17-42(18-30-48)36-66-75(6)87(59,60)96/h7-36H,1-6H3. The zero-order chi connectivity index (χ0) is 70.7. The highest BCUT2D eigenvalue weighted by atomic mass is 35.9.